The predicted molar refractivity (Wildman–Crippen MR) is 131 cm³/mol. The summed E-state index contributed by atoms with van der Waals surface area (Å²) in [5, 5.41) is 11.9. The highest BCUT2D eigenvalue weighted by Crippen LogP contribution is 2.44. The van der Waals surface area contributed by atoms with E-state index in [0.29, 0.717) is 0 Å². The largest absolute Gasteiger partial charge is 0.481 e. The van der Waals surface area contributed by atoms with Gasteiger partial charge in [-0.3, -0.25) is 9.59 Å². The molecule has 2 bridgehead atoms. The van der Waals surface area contributed by atoms with Gasteiger partial charge in [0.25, 0.3) is 0 Å². The Morgan fingerprint density at radius 1 is 1.00 bits per heavy atom. The number of fused-ring (bicyclic) bond motifs is 5. The lowest BCUT2D eigenvalue weighted by Gasteiger charge is -2.39. The van der Waals surface area contributed by atoms with Gasteiger partial charge in [-0.2, -0.15) is 0 Å². The summed E-state index contributed by atoms with van der Waals surface area (Å²) in [4.78, 5) is 38.6. The van der Waals surface area contributed by atoms with Gasteiger partial charge in [-0.15, -0.1) is 0 Å². The summed E-state index contributed by atoms with van der Waals surface area (Å²) in [5.74, 6) is -0.606. The minimum atomic E-state index is -0.768. The van der Waals surface area contributed by atoms with Crippen LogP contribution >= 0.6 is 0 Å². The molecule has 7 heteroatoms. The normalized spacial score (nSPS) is 23.3. The Morgan fingerprint density at radius 2 is 1.57 bits per heavy atom. The van der Waals surface area contributed by atoms with E-state index in [-0.39, 0.29) is 55.3 Å². The van der Waals surface area contributed by atoms with Gasteiger partial charge in [0.05, 0.1) is 0 Å². The first-order chi connectivity index (χ1) is 16.9. The van der Waals surface area contributed by atoms with E-state index in [1.807, 2.05) is 36.1 Å². The predicted octanol–water partition coefficient (Wildman–Crippen LogP) is 4.55. The zero-order valence-corrected chi connectivity index (χ0v) is 20.0. The van der Waals surface area contributed by atoms with Crippen LogP contribution in [0.5, 0.6) is 0 Å². The minimum absolute atomic E-state index is 0.00666. The van der Waals surface area contributed by atoms with E-state index in [1.54, 1.807) is 0 Å². The molecule has 0 spiro atoms. The van der Waals surface area contributed by atoms with Crippen molar-refractivity contribution in [2.24, 2.45) is 5.92 Å². The summed E-state index contributed by atoms with van der Waals surface area (Å²) in [5.41, 5.74) is 4.67. The maximum absolute atomic E-state index is 13.0. The average molecular weight is 477 g/mol. The molecule has 5 rings (SSSR count). The smallest absolute Gasteiger partial charge is 0.407 e. The van der Waals surface area contributed by atoms with Crippen LogP contribution in [0.25, 0.3) is 11.1 Å². The molecule has 2 aliphatic heterocycles. The summed E-state index contributed by atoms with van der Waals surface area (Å²) in [7, 11) is 0. The van der Waals surface area contributed by atoms with E-state index in [2.05, 4.69) is 29.6 Å². The Kier molecular flexibility index (Phi) is 6.50. The molecule has 184 valence electrons. The number of nitrogens with one attached hydrogen (secondary N) is 1. The van der Waals surface area contributed by atoms with Crippen LogP contribution in [0.1, 0.15) is 62.5 Å². The number of alkyl carbamates (subject to hydrolysis) is 1. The van der Waals surface area contributed by atoms with Gasteiger partial charge in [-0.1, -0.05) is 48.5 Å². The number of ether oxygens (including phenoxy) is 1. The molecule has 0 radical (unpaired) electrons. The van der Waals surface area contributed by atoms with Crippen molar-refractivity contribution in [3.8, 4) is 11.1 Å². The second-order valence-electron chi connectivity index (χ2n) is 10.2. The third-order valence-corrected chi connectivity index (χ3v) is 7.77. The quantitative estimate of drug-likeness (QED) is 0.611. The zero-order chi connectivity index (χ0) is 24.5. The van der Waals surface area contributed by atoms with Crippen LogP contribution in [0.2, 0.25) is 0 Å². The van der Waals surface area contributed by atoms with Crippen molar-refractivity contribution in [2.45, 2.75) is 69.5 Å². The van der Waals surface area contributed by atoms with Crippen LogP contribution in [0.3, 0.4) is 0 Å². The topological polar surface area (TPSA) is 95.9 Å². The van der Waals surface area contributed by atoms with Crippen molar-refractivity contribution in [1.82, 2.24) is 10.2 Å². The Labute approximate surface area is 205 Å². The number of rotatable bonds is 7. The second-order valence-corrected chi connectivity index (χ2v) is 10.2. The monoisotopic (exact) mass is 476 g/mol. The fraction of sp³-hybridized carbons (Fsp3) is 0.464. The molecule has 2 aromatic carbocycles. The Balaban J connectivity index is 1.13. The maximum atomic E-state index is 13.0. The molecule has 0 saturated carbocycles. The van der Waals surface area contributed by atoms with Crippen molar-refractivity contribution >= 4 is 18.0 Å². The summed E-state index contributed by atoms with van der Waals surface area (Å²) >= 11 is 0. The van der Waals surface area contributed by atoms with Gasteiger partial charge in [-0.25, -0.2) is 4.79 Å². The second kappa shape index (κ2) is 9.72. The Morgan fingerprint density at radius 3 is 2.14 bits per heavy atom. The first-order valence-corrected chi connectivity index (χ1v) is 12.5. The maximum Gasteiger partial charge on any atom is 0.407 e. The highest BCUT2D eigenvalue weighted by atomic mass is 16.5. The van der Waals surface area contributed by atoms with Gasteiger partial charge in [0.2, 0.25) is 5.91 Å². The Bertz CT molecular complexity index is 1070. The number of amides is 2. The highest BCUT2D eigenvalue weighted by molar-refractivity contribution is 5.80. The van der Waals surface area contributed by atoms with Gasteiger partial charge in [0.1, 0.15) is 6.61 Å². The molecule has 2 unspecified atom stereocenters. The molecule has 2 aromatic rings. The van der Waals surface area contributed by atoms with Crippen molar-refractivity contribution in [3.05, 3.63) is 59.7 Å². The van der Waals surface area contributed by atoms with Crippen LogP contribution in [-0.4, -0.2) is 52.7 Å². The molecule has 2 N–H and O–H groups in total. The van der Waals surface area contributed by atoms with Gasteiger partial charge in [0.15, 0.2) is 0 Å². The summed E-state index contributed by atoms with van der Waals surface area (Å²) in [6.45, 7) is 2.06. The molecule has 2 fully saturated rings. The van der Waals surface area contributed by atoms with Crippen LogP contribution in [0, 0.1) is 5.92 Å². The first kappa shape index (κ1) is 23.4. The van der Waals surface area contributed by atoms with E-state index >= 15 is 0 Å². The average Bonchev–Trinajstić information content (AvgIpc) is 3.29. The SMILES string of the molecule is C[C@H](CC(=O)N1C2CCC1CC(CC(=O)O)C2)NC(=O)OCC1c2ccccc2-c2ccccc21. The summed E-state index contributed by atoms with van der Waals surface area (Å²) in [6, 6.07) is 16.3. The third kappa shape index (κ3) is 4.77. The number of piperidine rings is 1. The van der Waals surface area contributed by atoms with Crippen LogP contribution in [0.15, 0.2) is 48.5 Å². The third-order valence-electron chi connectivity index (χ3n) is 7.77. The number of carbonyl (C=O) groups is 3. The highest BCUT2D eigenvalue weighted by Gasteiger charge is 2.43. The lowest BCUT2D eigenvalue weighted by Crippen LogP contribution is -2.48. The fourth-order valence-electron chi connectivity index (χ4n) is 6.37. The molecule has 1 aliphatic carbocycles. The van der Waals surface area contributed by atoms with Crippen LogP contribution in [-0.2, 0) is 14.3 Å². The molecule has 2 amide bonds. The molecular formula is C28H32N2O5. The minimum Gasteiger partial charge on any atom is -0.481 e. The van der Waals surface area contributed by atoms with Gasteiger partial charge in [-0.05, 0) is 60.8 Å². The first-order valence-electron chi connectivity index (χ1n) is 12.5. The zero-order valence-electron chi connectivity index (χ0n) is 20.0. The number of hydrogen-bond acceptors (Lipinski definition) is 4. The number of aliphatic carboxylic acids is 1. The van der Waals surface area contributed by atoms with Crippen molar-refractivity contribution in [1.29, 1.82) is 0 Å². The van der Waals surface area contributed by atoms with Gasteiger partial charge >= 0.3 is 12.1 Å². The molecule has 35 heavy (non-hydrogen) atoms. The lowest BCUT2D eigenvalue weighted by molar-refractivity contribution is -0.140. The van der Waals surface area contributed by atoms with Crippen LogP contribution in [0.4, 0.5) is 4.79 Å². The van der Waals surface area contributed by atoms with Crippen LogP contribution < -0.4 is 5.32 Å². The Hall–Kier alpha value is -3.35. The molecule has 3 atom stereocenters. The van der Waals surface area contributed by atoms with E-state index < -0.39 is 12.1 Å². The number of benzene rings is 2. The number of carboxylic acids is 1. The number of carbonyl (C=O) groups excluding carboxylic acids is 2. The number of hydrogen-bond donors (Lipinski definition) is 2. The number of nitrogens with zero attached hydrogens (tertiary/aromatic N) is 1. The molecule has 2 heterocycles. The standard InChI is InChI=1S/C28H32N2O5/c1-17(12-26(31)30-19-10-11-20(30)14-18(13-19)15-27(32)33)29-28(34)35-16-25-23-8-4-2-6-21(23)22-7-3-5-9-24(22)25/h2-9,17-20,25H,10-16H2,1H3,(H,29,34)(H,32,33)/t17-,18?,19?,20?/m1/s1. The fourth-order valence-corrected chi connectivity index (χ4v) is 6.37. The summed E-state index contributed by atoms with van der Waals surface area (Å²) < 4.78 is 5.61. The van der Waals surface area contributed by atoms with Gasteiger partial charge < -0.3 is 20.1 Å². The summed E-state index contributed by atoms with van der Waals surface area (Å²) in [6.07, 6.45) is 3.23. The number of carboxylic acid groups (broad SMARTS) is 1. The van der Waals surface area contributed by atoms with Gasteiger partial charge in [0, 0.05) is 36.9 Å². The molecule has 0 aromatic heterocycles. The van der Waals surface area contributed by atoms with E-state index in [1.165, 1.54) is 11.1 Å². The van der Waals surface area contributed by atoms with E-state index in [0.717, 1.165) is 36.8 Å². The van der Waals surface area contributed by atoms with Crippen molar-refractivity contribution < 1.29 is 24.2 Å². The van der Waals surface area contributed by atoms with Crippen molar-refractivity contribution in [2.75, 3.05) is 6.61 Å². The molecule has 3 aliphatic rings. The molecule has 2 saturated heterocycles. The van der Waals surface area contributed by atoms with E-state index in [4.69, 9.17) is 9.84 Å². The van der Waals surface area contributed by atoms with Crippen molar-refractivity contribution in [3.63, 3.8) is 0 Å². The molecule has 7 nitrogen and oxygen atoms in total. The lowest BCUT2D eigenvalue weighted by atomic mass is 9.88. The molecular weight excluding hydrogens is 444 g/mol. The van der Waals surface area contributed by atoms with E-state index in [9.17, 15) is 14.4 Å².